The fourth-order valence-corrected chi connectivity index (χ4v) is 9.79. The van der Waals surface area contributed by atoms with Crippen molar-refractivity contribution in [2.24, 2.45) is 0 Å². The molecule has 0 amide bonds. The molecule has 6 nitrogen and oxygen atoms in total. The Morgan fingerprint density at radius 1 is 0.309 bits per heavy atom. The molecule has 0 aliphatic rings. The fourth-order valence-electron chi connectivity index (χ4n) is 9.79. The molecule has 0 bridgehead atoms. The van der Waals surface area contributed by atoms with E-state index in [1.54, 1.807) is 0 Å². The van der Waals surface area contributed by atoms with Gasteiger partial charge in [0.05, 0.1) is 22.2 Å². The minimum atomic E-state index is 0.604. The van der Waals surface area contributed by atoms with E-state index in [-0.39, 0.29) is 0 Å². The third-order valence-corrected chi connectivity index (χ3v) is 13.0. The van der Waals surface area contributed by atoms with Gasteiger partial charge in [-0.15, -0.1) is 0 Å². The first-order chi connectivity index (χ1) is 33.7. The lowest BCUT2D eigenvalue weighted by atomic mass is 9.95. The maximum Gasteiger partial charge on any atom is 0.164 e. The number of hydrogen-bond acceptors (Lipinski definition) is 4. The molecule has 13 aromatic rings. The van der Waals surface area contributed by atoms with Crippen molar-refractivity contribution >= 4 is 38.1 Å². The Kier molecular flexibility index (Phi) is 9.39. The standard InChI is InChI=1S/C62H40N6/c1-5-19-41(20-6-1)56-40-49-38-46(35-36-51(49)59-57(42-21-7-2-8-22-42)58(66-68(56)59)43-23-9-3-10-24-43)45-27-17-28-47(37-45)61-63-60(44-25-11-4-12-26-44)64-62(65-61)48-29-18-30-50(39-48)67-54-33-15-13-31-52(54)53-32-14-16-34-55(53)67/h1-40H. The molecule has 318 valence electrons. The summed E-state index contributed by atoms with van der Waals surface area (Å²) in [5, 5.41) is 10.1. The van der Waals surface area contributed by atoms with E-state index < -0.39 is 0 Å². The summed E-state index contributed by atoms with van der Waals surface area (Å²) in [5.74, 6) is 1.83. The predicted octanol–water partition coefficient (Wildman–Crippen LogP) is 15.4. The number of pyridine rings is 1. The van der Waals surface area contributed by atoms with Gasteiger partial charge in [-0.25, -0.2) is 19.5 Å². The van der Waals surface area contributed by atoms with Crippen molar-refractivity contribution in [3.63, 3.8) is 0 Å². The number of hydrogen-bond donors (Lipinski definition) is 0. The molecule has 0 fully saturated rings. The van der Waals surface area contributed by atoms with E-state index in [9.17, 15) is 0 Å². The minimum Gasteiger partial charge on any atom is -0.309 e. The molecule has 68 heavy (non-hydrogen) atoms. The van der Waals surface area contributed by atoms with Gasteiger partial charge in [-0.2, -0.15) is 5.10 Å². The molecule has 0 aliphatic carbocycles. The van der Waals surface area contributed by atoms with Crippen LogP contribution in [0.25, 0.3) is 123 Å². The zero-order valence-corrected chi connectivity index (χ0v) is 36.8. The number of nitrogens with zero attached hydrogens (tertiary/aromatic N) is 6. The van der Waals surface area contributed by atoms with Crippen molar-refractivity contribution in [1.29, 1.82) is 0 Å². The average molecular weight is 869 g/mol. The number of rotatable bonds is 8. The van der Waals surface area contributed by atoms with Gasteiger partial charge in [-0.1, -0.05) is 200 Å². The van der Waals surface area contributed by atoms with Crippen LogP contribution in [0, 0.1) is 0 Å². The molecule has 9 aromatic carbocycles. The van der Waals surface area contributed by atoms with Crippen LogP contribution >= 0.6 is 0 Å². The van der Waals surface area contributed by atoms with Gasteiger partial charge in [0.15, 0.2) is 17.5 Å². The van der Waals surface area contributed by atoms with E-state index >= 15 is 0 Å². The van der Waals surface area contributed by atoms with Gasteiger partial charge < -0.3 is 4.57 Å². The summed E-state index contributed by atoms with van der Waals surface area (Å²) < 4.78 is 4.47. The summed E-state index contributed by atoms with van der Waals surface area (Å²) >= 11 is 0. The van der Waals surface area contributed by atoms with Gasteiger partial charge in [0, 0.05) is 55.2 Å². The van der Waals surface area contributed by atoms with Crippen molar-refractivity contribution in [1.82, 2.24) is 29.1 Å². The van der Waals surface area contributed by atoms with E-state index in [0.29, 0.717) is 17.5 Å². The van der Waals surface area contributed by atoms with Crippen LogP contribution in [0.3, 0.4) is 0 Å². The largest absolute Gasteiger partial charge is 0.309 e. The van der Waals surface area contributed by atoms with Gasteiger partial charge in [-0.3, -0.25) is 0 Å². The first-order valence-corrected chi connectivity index (χ1v) is 22.9. The van der Waals surface area contributed by atoms with Crippen LogP contribution in [0.5, 0.6) is 0 Å². The number of fused-ring (bicyclic) bond motifs is 6. The molecule has 0 atom stereocenters. The van der Waals surface area contributed by atoms with E-state index in [2.05, 4.69) is 234 Å². The van der Waals surface area contributed by atoms with Gasteiger partial charge >= 0.3 is 0 Å². The Morgan fingerprint density at radius 2 is 0.794 bits per heavy atom. The lowest BCUT2D eigenvalue weighted by Crippen LogP contribution is -2.01. The van der Waals surface area contributed by atoms with Crippen molar-refractivity contribution in [2.75, 3.05) is 0 Å². The Labute approximate surface area is 392 Å². The second-order valence-electron chi connectivity index (χ2n) is 17.1. The second kappa shape index (κ2) is 16.3. The molecule has 0 unspecified atom stereocenters. The first kappa shape index (κ1) is 39.1. The normalized spacial score (nSPS) is 11.5. The highest BCUT2D eigenvalue weighted by molar-refractivity contribution is 6.10. The molecule has 0 radical (unpaired) electrons. The molecule has 0 N–H and O–H groups in total. The molecule has 0 saturated heterocycles. The van der Waals surface area contributed by atoms with Crippen molar-refractivity contribution in [3.8, 4) is 84.6 Å². The number of aromatic nitrogens is 6. The Bertz CT molecular complexity index is 3960. The second-order valence-corrected chi connectivity index (χ2v) is 17.1. The molecule has 0 saturated carbocycles. The molecular weight excluding hydrogens is 829 g/mol. The highest BCUT2D eigenvalue weighted by atomic mass is 15.2. The highest BCUT2D eigenvalue weighted by Crippen LogP contribution is 2.42. The van der Waals surface area contributed by atoms with Crippen molar-refractivity contribution in [3.05, 3.63) is 243 Å². The Balaban J connectivity index is 0.962. The summed E-state index contributed by atoms with van der Waals surface area (Å²) in [6, 6.07) is 85.1. The van der Waals surface area contributed by atoms with Crippen molar-refractivity contribution in [2.45, 2.75) is 0 Å². The van der Waals surface area contributed by atoms with E-state index in [1.807, 2.05) is 18.2 Å². The van der Waals surface area contributed by atoms with Gasteiger partial charge in [0.1, 0.15) is 5.69 Å². The van der Waals surface area contributed by atoms with Crippen LogP contribution < -0.4 is 0 Å². The SMILES string of the molecule is c1ccc(-c2nc(-c3cccc(-c4ccc5c(c4)cc(-c4ccccc4)n4nc(-c6ccccc6)c(-c6ccccc6)c54)c3)nc(-c3cccc(-n4c5ccccc5c5ccccc54)c3)n2)cc1. The van der Waals surface area contributed by atoms with Crippen LogP contribution in [-0.4, -0.2) is 29.1 Å². The monoisotopic (exact) mass is 868 g/mol. The smallest absolute Gasteiger partial charge is 0.164 e. The quantitative estimate of drug-likeness (QED) is 0.153. The van der Waals surface area contributed by atoms with E-state index in [4.69, 9.17) is 20.1 Å². The highest BCUT2D eigenvalue weighted by Gasteiger charge is 2.22. The van der Waals surface area contributed by atoms with Crippen LogP contribution in [0.1, 0.15) is 0 Å². The van der Waals surface area contributed by atoms with Crippen molar-refractivity contribution < 1.29 is 0 Å². The average Bonchev–Trinajstić information content (AvgIpc) is 3.99. The zero-order valence-electron chi connectivity index (χ0n) is 36.8. The van der Waals surface area contributed by atoms with E-state index in [1.165, 1.54) is 10.8 Å². The molecule has 4 heterocycles. The number of benzene rings is 9. The summed E-state index contributed by atoms with van der Waals surface area (Å²) in [5.41, 5.74) is 15.6. The molecule has 13 rings (SSSR count). The zero-order chi connectivity index (χ0) is 45.0. The predicted molar refractivity (Wildman–Crippen MR) is 278 cm³/mol. The lowest BCUT2D eigenvalue weighted by Gasteiger charge is -2.13. The fraction of sp³-hybridized carbons (Fsp3) is 0. The van der Waals surface area contributed by atoms with Crippen LogP contribution in [-0.2, 0) is 0 Å². The van der Waals surface area contributed by atoms with E-state index in [0.717, 1.165) is 94.5 Å². The molecule has 6 heteroatoms. The van der Waals surface area contributed by atoms with Crippen LogP contribution in [0.15, 0.2) is 243 Å². The topological polar surface area (TPSA) is 60.9 Å². The maximum absolute atomic E-state index is 5.41. The first-order valence-electron chi connectivity index (χ1n) is 22.9. The third-order valence-electron chi connectivity index (χ3n) is 13.0. The maximum atomic E-state index is 5.41. The van der Waals surface area contributed by atoms with Gasteiger partial charge in [0.25, 0.3) is 0 Å². The third kappa shape index (κ3) is 6.74. The molecule has 4 aromatic heterocycles. The van der Waals surface area contributed by atoms with Crippen LogP contribution in [0.4, 0.5) is 0 Å². The Hall–Kier alpha value is -9.26. The summed E-state index contributed by atoms with van der Waals surface area (Å²) in [7, 11) is 0. The Morgan fingerprint density at radius 3 is 1.44 bits per heavy atom. The summed E-state index contributed by atoms with van der Waals surface area (Å²) in [6.07, 6.45) is 0. The molecular formula is C62H40N6. The molecule has 0 spiro atoms. The van der Waals surface area contributed by atoms with Gasteiger partial charge in [0.2, 0.25) is 0 Å². The minimum absolute atomic E-state index is 0.604. The van der Waals surface area contributed by atoms with Crippen LogP contribution in [0.2, 0.25) is 0 Å². The summed E-state index contributed by atoms with van der Waals surface area (Å²) in [4.78, 5) is 15.5. The van der Waals surface area contributed by atoms with Gasteiger partial charge in [-0.05, 0) is 64.5 Å². The number of para-hydroxylation sites is 2. The lowest BCUT2D eigenvalue weighted by molar-refractivity contribution is 0.979. The molecule has 0 aliphatic heterocycles. The summed E-state index contributed by atoms with van der Waals surface area (Å²) in [6.45, 7) is 0.